The smallest absolute Gasteiger partial charge is 0.133 e. The second-order valence-electron chi connectivity index (χ2n) is 3.72. The molecule has 0 heterocycles. The van der Waals surface area contributed by atoms with Crippen LogP contribution in [0.3, 0.4) is 0 Å². The van der Waals surface area contributed by atoms with Crippen LogP contribution in [0.2, 0.25) is 0 Å². The molecule has 1 nitrogen and oxygen atoms in total. The predicted molar refractivity (Wildman–Crippen MR) is 66.8 cm³/mol. The van der Waals surface area contributed by atoms with Crippen LogP contribution in [0.5, 0.6) is 5.75 Å². The van der Waals surface area contributed by atoms with Gasteiger partial charge in [-0.2, -0.15) is 0 Å². The highest BCUT2D eigenvalue weighted by atomic mass is 31.1. The van der Waals surface area contributed by atoms with Crippen molar-refractivity contribution in [2.24, 2.45) is 0 Å². The number of rotatable bonds is 2. The number of phenolic OH excluding ortho intramolecular Hbond substituents is 1. The molecule has 0 aromatic heterocycles. The Balaban J connectivity index is 2.35. The summed E-state index contributed by atoms with van der Waals surface area (Å²) in [6.07, 6.45) is 0. The number of hydrogen-bond acceptors (Lipinski definition) is 1. The lowest BCUT2D eigenvalue weighted by atomic mass is 10.2. The zero-order valence-electron chi connectivity index (χ0n) is 9.17. The lowest BCUT2D eigenvalue weighted by Gasteiger charge is -2.08. The first kappa shape index (κ1) is 12.0. The summed E-state index contributed by atoms with van der Waals surface area (Å²) in [5.74, 6) is -0.997. The van der Waals surface area contributed by atoms with Crippen LogP contribution in [0.15, 0.2) is 36.4 Å². The van der Waals surface area contributed by atoms with E-state index in [1.807, 2.05) is 0 Å². The lowest BCUT2D eigenvalue weighted by Crippen LogP contribution is -2.08. The van der Waals surface area contributed by atoms with E-state index in [0.717, 1.165) is 11.6 Å². The standard InChI is InChI=1S/C13H11F2OP/c1-8-3-2-4-12(13(8)16)17-11-6-5-9(14)7-10(11)15/h2-7,16-17H,1H3. The Morgan fingerprint density at radius 2 is 1.82 bits per heavy atom. The summed E-state index contributed by atoms with van der Waals surface area (Å²) in [6, 6.07) is 8.81. The van der Waals surface area contributed by atoms with Crippen LogP contribution in [0.4, 0.5) is 8.78 Å². The van der Waals surface area contributed by atoms with Gasteiger partial charge in [-0.25, -0.2) is 8.78 Å². The Morgan fingerprint density at radius 1 is 1.06 bits per heavy atom. The van der Waals surface area contributed by atoms with Crippen molar-refractivity contribution >= 4 is 19.2 Å². The second kappa shape index (κ2) is 4.80. The fraction of sp³-hybridized carbons (Fsp3) is 0.0769. The average Bonchev–Trinajstić information content (AvgIpc) is 2.28. The minimum Gasteiger partial charge on any atom is -0.507 e. The summed E-state index contributed by atoms with van der Waals surface area (Å²) < 4.78 is 26.2. The summed E-state index contributed by atoms with van der Waals surface area (Å²) in [6.45, 7) is 1.78. The van der Waals surface area contributed by atoms with Crippen molar-refractivity contribution in [1.29, 1.82) is 0 Å². The first-order valence-electron chi connectivity index (χ1n) is 5.08. The maximum Gasteiger partial charge on any atom is 0.133 e. The first-order valence-corrected chi connectivity index (χ1v) is 6.08. The van der Waals surface area contributed by atoms with E-state index in [0.29, 0.717) is 10.6 Å². The van der Waals surface area contributed by atoms with Gasteiger partial charge in [0.25, 0.3) is 0 Å². The van der Waals surface area contributed by atoms with E-state index in [1.165, 1.54) is 12.1 Å². The van der Waals surface area contributed by atoms with Gasteiger partial charge in [0.2, 0.25) is 0 Å². The molecule has 0 saturated heterocycles. The molecule has 0 fully saturated rings. The Kier molecular flexibility index (Phi) is 3.39. The zero-order valence-corrected chi connectivity index (χ0v) is 10.2. The van der Waals surface area contributed by atoms with Crippen LogP contribution >= 0.6 is 8.58 Å². The minimum absolute atomic E-state index is 0.0245. The van der Waals surface area contributed by atoms with Crippen molar-refractivity contribution in [3.63, 3.8) is 0 Å². The molecular formula is C13H11F2OP. The molecule has 0 bridgehead atoms. The normalized spacial score (nSPS) is 11.2. The van der Waals surface area contributed by atoms with Crippen LogP contribution in [-0.2, 0) is 0 Å². The molecule has 0 saturated carbocycles. The van der Waals surface area contributed by atoms with E-state index in [-0.39, 0.29) is 14.3 Å². The number of para-hydroxylation sites is 1. The zero-order chi connectivity index (χ0) is 12.4. The van der Waals surface area contributed by atoms with E-state index in [2.05, 4.69) is 0 Å². The lowest BCUT2D eigenvalue weighted by molar-refractivity contribution is 0.475. The highest BCUT2D eigenvalue weighted by molar-refractivity contribution is 7.55. The van der Waals surface area contributed by atoms with Gasteiger partial charge in [0, 0.05) is 16.7 Å². The highest BCUT2D eigenvalue weighted by Crippen LogP contribution is 2.22. The summed E-state index contributed by atoms with van der Waals surface area (Å²) >= 11 is 0. The third-order valence-corrected chi connectivity index (χ3v) is 3.79. The molecule has 1 N–H and O–H groups in total. The number of phenols is 1. The van der Waals surface area contributed by atoms with Gasteiger partial charge in [-0.1, -0.05) is 26.8 Å². The molecule has 0 aliphatic rings. The molecule has 0 radical (unpaired) electrons. The number of aryl methyl sites for hydroxylation is 1. The molecule has 0 aliphatic heterocycles. The van der Waals surface area contributed by atoms with Crippen LogP contribution in [0.1, 0.15) is 5.56 Å². The molecule has 2 aromatic carbocycles. The maximum atomic E-state index is 13.5. The topological polar surface area (TPSA) is 20.2 Å². The van der Waals surface area contributed by atoms with Crippen LogP contribution in [-0.4, -0.2) is 5.11 Å². The summed E-state index contributed by atoms with van der Waals surface area (Å²) in [4.78, 5) is 0. The molecule has 0 aliphatic carbocycles. The second-order valence-corrected chi connectivity index (χ2v) is 5.05. The van der Waals surface area contributed by atoms with Gasteiger partial charge in [-0.3, -0.25) is 0 Å². The predicted octanol–water partition coefficient (Wildman–Crippen LogP) is 2.61. The summed E-state index contributed by atoms with van der Waals surface area (Å²) in [5, 5.41) is 10.9. The van der Waals surface area contributed by atoms with Gasteiger partial charge >= 0.3 is 0 Å². The van der Waals surface area contributed by atoms with Crippen molar-refractivity contribution in [2.45, 2.75) is 6.92 Å². The quantitative estimate of drug-likeness (QED) is 0.814. The molecule has 1 unspecified atom stereocenters. The third-order valence-electron chi connectivity index (χ3n) is 2.44. The number of aromatic hydroxyl groups is 1. The van der Waals surface area contributed by atoms with Crippen molar-refractivity contribution in [1.82, 2.24) is 0 Å². The van der Waals surface area contributed by atoms with Crippen LogP contribution in [0, 0.1) is 18.6 Å². The van der Waals surface area contributed by atoms with E-state index in [1.54, 1.807) is 25.1 Å². The molecular weight excluding hydrogens is 241 g/mol. The molecule has 1 atom stereocenters. The number of benzene rings is 2. The van der Waals surface area contributed by atoms with Gasteiger partial charge in [0.1, 0.15) is 17.4 Å². The van der Waals surface area contributed by atoms with Crippen molar-refractivity contribution in [2.75, 3.05) is 0 Å². The monoisotopic (exact) mass is 252 g/mol. The Bertz CT molecular complexity index is 555. The van der Waals surface area contributed by atoms with E-state index in [4.69, 9.17) is 0 Å². The molecule has 0 amide bonds. The third kappa shape index (κ3) is 2.62. The maximum absolute atomic E-state index is 13.5. The Morgan fingerprint density at radius 3 is 2.53 bits per heavy atom. The van der Waals surface area contributed by atoms with Gasteiger partial charge < -0.3 is 5.11 Å². The molecule has 0 spiro atoms. The first-order chi connectivity index (χ1) is 8.08. The molecule has 2 aromatic rings. The minimum atomic E-state index is -0.593. The van der Waals surface area contributed by atoms with E-state index in [9.17, 15) is 13.9 Å². The van der Waals surface area contributed by atoms with Crippen molar-refractivity contribution < 1.29 is 13.9 Å². The SMILES string of the molecule is Cc1cccc(Pc2ccc(F)cc2F)c1O. The number of hydrogen-bond donors (Lipinski definition) is 1. The molecule has 2 rings (SSSR count). The number of halogens is 2. The largest absolute Gasteiger partial charge is 0.507 e. The van der Waals surface area contributed by atoms with Gasteiger partial charge in [0.15, 0.2) is 0 Å². The molecule has 88 valence electrons. The van der Waals surface area contributed by atoms with Gasteiger partial charge in [0.05, 0.1) is 0 Å². The molecule has 4 heteroatoms. The van der Waals surface area contributed by atoms with Gasteiger partial charge in [-0.15, -0.1) is 0 Å². The molecule has 17 heavy (non-hydrogen) atoms. The van der Waals surface area contributed by atoms with Crippen molar-refractivity contribution in [3.05, 3.63) is 53.6 Å². The van der Waals surface area contributed by atoms with E-state index < -0.39 is 11.6 Å². The van der Waals surface area contributed by atoms with Crippen molar-refractivity contribution in [3.8, 4) is 5.75 Å². The fourth-order valence-electron chi connectivity index (χ4n) is 1.50. The summed E-state index contributed by atoms with van der Waals surface area (Å²) in [7, 11) is -0.0245. The fourth-order valence-corrected chi connectivity index (χ4v) is 2.64. The van der Waals surface area contributed by atoms with E-state index >= 15 is 0 Å². The van der Waals surface area contributed by atoms with Crippen LogP contribution < -0.4 is 10.6 Å². The van der Waals surface area contributed by atoms with Crippen LogP contribution in [0.25, 0.3) is 0 Å². The summed E-state index contributed by atoms with van der Waals surface area (Å²) in [5.41, 5.74) is 0.748. The van der Waals surface area contributed by atoms with Gasteiger partial charge in [-0.05, 0) is 24.6 Å². The highest BCUT2D eigenvalue weighted by Gasteiger charge is 2.08. The Labute approximate surface area is 99.9 Å². The average molecular weight is 252 g/mol. The Hall–Kier alpha value is -1.47.